The number of nitrogens with one attached hydrogen (secondary N) is 2. The third-order valence-corrected chi connectivity index (χ3v) is 3.61. The topological polar surface area (TPSA) is 67.1 Å². The van der Waals surface area contributed by atoms with E-state index in [9.17, 15) is 0 Å². The second kappa shape index (κ2) is 9.61. The van der Waals surface area contributed by atoms with Gasteiger partial charge < -0.3 is 10.6 Å². The summed E-state index contributed by atoms with van der Waals surface area (Å²) < 4.78 is 1.97. The number of rotatable bonds is 8. The summed E-state index contributed by atoms with van der Waals surface area (Å²) in [7, 11) is 1.78. The molecule has 0 aliphatic rings. The van der Waals surface area contributed by atoms with Crippen LogP contribution < -0.4 is 10.6 Å². The number of hydrogen-bond acceptors (Lipinski definition) is 3. The summed E-state index contributed by atoms with van der Waals surface area (Å²) in [6.45, 7) is 3.73. The number of hydrogen-bond donors (Lipinski definition) is 2. The predicted octanol–water partition coefficient (Wildman–Crippen LogP) is 2.51. The van der Waals surface area contributed by atoms with Crippen LogP contribution in [0.5, 0.6) is 0 Å². The Hall–Kier alpha value is -2.37. The molecule has 0 unspecified atom stereocenters. The van der Waals surface area contributed by atoms with Gasteiger partial charge >= 0.3 is 0 Å². The summed E-state index contributed by atoms with van der Waals surface area (Å²) >= 11 is 0. The van der Waals surface area contributed by atoms with E-state index in [0.717, 1.165) is 30.4 Å². The van der Waals surface area contributed by atoms with E-state index in [0.29, 0.717) is 6.54 Å². The molecule has 0 fully saturated rings. The zero-order valence-electron chi connectivity index (χ0n) is 14.0. The first-order valence-corrected chi connectivity index (χ1v) is 8.24. The van der Waals surface area contributed by atoms with Crippen LogP contribution in [0.3, 0.4) is 0 Å². The zero-order chi connectivity index (χ0) is 16.3. The van der Waals surface area contributed by atoms with Crippen molar-refractivity contribution in [2.75, 3.05) is 13.6 Å². The molecular formula is C17H26N6. The molecule has 2 rings (SSSR count). The molecule has 0 aliphatic heterocycles. The first-order chi connectivity index (χ1) is 11.3. The van der Waals surface area contributed by atoms with Crippen LogP contribution in [0.4, 0.5) is 0 Å². The van der Waals surface area contributed by atoms with E-state index >= 15 is 0 Å². The summed E-state index contributed by atoms with van der Waals surface area (Å²) in [5, 5.41) is 14.8. The first-order valence-electron chi connectivity index (χ1n) is 8.24. The lowest BCUT2D eigenvalue weighted by atomic mass is 10.2. The molecule has 0 saturated heterocycles. The minimum absolute atomic E-state index is 0.573. The Kier molecular flexibility index (Phi) is 7.10. The minimum atomic E-state index is 0.573. The molecule has 6 nitrogen and oxygen atoms in total. The van der Waals surface area contributed by atoms with Crippen molar-refractivity contribution in [3.63, 3.8) is 0 Å². The fraction of sp³-hybridized carbons (Fsp3) is 0.471. The van der Waals surface area contributed by atoms with Crippen molar-refractivity contribution in [3.8, 4) is 5.69 Å². The highest BCUT2D eigenvalue weighted by Gasteiger charge is 2.06. The molecule has 0 radical (unpaired) electrons. The van der Waals surface area contributed by atoms with Gasteiger partial charge in [-0.2, -0.15) is 0 Å². The third-order valence-electron chi connectivity index (χ3n) is 3.61. The van der Waals surface area contributed by atoms with E-state index in [-0.39, 0.29) is 0 Å². The molecule has 2 N–H and O–H groups in total. The lowest BCUT2D eigenvalue weighted by Crippen LogP contribution is -2.37. The van der Waals surface area contributed by atoms with Crippen LogP contribution in [-0.2, 0) is 6.54 Å². The number of unbranched alkanes of at least 4 members (excludes halogenated alkanes) is 3. The van der Waals surface area contributed by atoms with Gasteiger partial charge in [0, 0.05) is 19.3 Å². The highest BCUT2D eigenvalue weighted by atomic mass is 15.3. The largest absolute Gasteiger partial charge is 0.356 e. The van der Waals surface area contributed by atoms with Crippen LogP contribution in [0.2, 0.25) is 0 Å². The smallest absolute Gasteiger partial charge is 0.191 e. The summed E-state index contributed by atoms with van der Waals surface area (Å²) in [4.78, 5) is 4.24. The highest BCUT2D eigenvalue weighted by Crippen LogP contribution is 2.08. The quantitative estimate of drug-likeness (QED) is 0.446. The zero-order valence-corrected chi connectivity index (χ0v) is 14.0. The molecule has 6 heteroatoms. The summed E-state index contributed by atoms with van der Waals surface area (Å²) in [5.74, 6) is 1.65. The molecule has 124 valence electrons. The highest BCUT2D eigenvalue weighted by molar-refractivity contribution is 5.79. The molecule has 23 heavy (non-hydrogen) atoms. The molecule has 1 aromatic carbocycles. The fourth-order valence-corrected chi connectivity index (χ4v) is 2.33. The Bertz CT molecular complexity index is 590. The van der Waals surface area contributed by atoms with Crippen molar-refractivity contribution in [1.29, 1.82) is 0 Å². The number of para-hydroxylation sites is 1. The number of aliphatic imine (C=N–C) groups is 1. The van der Waals surface area contributed by atoms with Crippen molar-refractivity contribution in [2.45, 2.75) is 39.2 Å². The van der Waals surface area contributed by atoms with Crippen LogP contribution in [0.25, 0.3) is 5.69 Å². The Morgan fingerprint density at radius 2 is 1.96 bits per heavy atom. The standard InChI is InChI=1S/C17H26N6/c1-3-4-5-9-12-19-17(18-2)20-13-16-22-21-14-23(16)15-10-7-6-8-11-15/h6-8,10-11,14H,3-5,9,12-13H2,1-2H3,(H2,18,19,20). The van der Waals surface area contributed by atoms with E-state index in [1.807, 2.05) is 34.9 Å². The SMILES string of the molecule is CCCCCCNC(=NC)NCc1nncn1-c1ccccc1. The maximum Gasteiger partial charge on any atom is 0.191 e. The lowest BCUT2D eigenvalue weighted by Gasteiger charge is -2.12. The van der Waals surface area contributed by atoms with Gasteiger partial charge in [0.05, 0.1) is 6.54 Å². The van der Waals surface area contributed by atoms with E-state index < -0.39 is 0 Å². The average molecular weight is 314 g/mol. The molecule has 0 aliphatic carbocycles. The summed E-state index contributed by atoms with van der Waals surface area (Å²) in [5.41, 5.74) is 1.05. The van der Waals surface area contributed by atoms with Crippen molar-refractivity contribution in [1.82, 2.24) is 25.4 Å². The number of nitrogens with zero attached hydrogens (tertiary/aromatic N) is 4. The van der Waals surface area contributed by atoms with Crippen molar-refractivity contribution < 1.29 is 0 Å². The summed E-state index contributed by atoms with van der Waals surface area (Å²) in [6.07, 6.45) is 6.68. The molecule has 0 atom stereocenters. The van der Waals surface area contributed by atoms with Gasteiger partial charge in [-0.05, 0) is 18.6 Å². The Morgan fingerprint density at radius 1 is 1.13 bits per heavy atom. The molecule has 0 saturated carbocycles. The molecule has 0 bridgehead atoms. The van der Waals surface area contributed by atoms with Crippen LogP contribution in [0.15, 0.2) is 41.7 Å². The van der Waals surface area contributed by atoms with Gasteiger partial charge in [0.25, 0.3) is 0 Å². The van der Waals surface area contributed by atoms with Crippen LogP contribution in [0.1, 0.15) is 38.4 Å². The van der Waals surface area contributed by atoms with Crippen molar-refractivity contribution >= 4 is 5.96 Å². The summed E-state index contributed by atoms with van der Waals surface area (Å²) in [6, 6.07) is 10.1. The van der Waals surface area contributed by atoms with E-state index in [4.69, 9.17) is 0 Å². The van der Waals surface area contributed by atoms with Gasteiger partial charge in [0.15, 0.2) is 11.8 Å². The molecule has 1 heterocycles. The average Bonchev–Trinajstić information content (AvgIpc) is 3.07. The van der Waals surface area contributed by atoms with Crippen molar-refractivity contribution in [3.05, 3.63) is 42.5 Å². The van der Waals surface area contributed by atoms with E-state index in [1.54, 1.807) is 13.4 Å². The maximum atomic E-state index is 4.24. The predicted molar refractivity (Wildman–Crippen MR) is 93.7 cm³/mol. The second-order valence-corrected chi connectivity index (χ2v) is 5.37. The molecule has 1 aromatic heterocycles. The minimum Gasteiger partial charge on any atom is -0.356 e. The van der Waals surface area contributed by atoms with Gasteiger partial charge in [0.1, 0.15) is 6.33 Å². The fourth-order valence-electron chi connectivity index (χ4n) is 2.33. The van der Waals surface area contributed by atoms with E-state index in [2.05, 4.69) is 32.7 Å². The van der Waals surface area contributed by atoms with Gasteiger partial charge in [0.2, 0.25) is 0 Å². The Balaban J connectivity index is 1.84. The Labute approximate surface area is 138 Å². The number of benzene rings is 1. The van der Waals surface area contributed by atoms with Crippen LogP contribution in [-0.4, -0.2) is 34.3 Å². The second-order valence-electron chi connectivity index (χ2n) is 5.37. The molecule has 0 amide bonds. The Morgan fingerprint density at radius 3 is 2.70 bits per heavy atom. The number of aromatic nitrogens is 3. The van der Waals surface area contributed by atoms with Gasteiger partial charge in [-0.15, -0.1) is 10.2 Å². The maximum absolute atomic E-state index is 4.24. The number of guanidine groups is 1. The van der Waals surface area contributed by atoms with Gasteiger partial charge in [-0.1, -0.05) is 44.4 Å². The van der Waals surface area contributed by atoms with Crippen LogP contribution >= 0.6 is 0 Å². The normalized spacial score (nSPS) is 11.5. The molecule has 0 spiro atoms. The third kappa shape index (κ3) is 5.39. The van der Waals surface area contributed by atoms with Gasteiger partial charge in [-0.25, -0.2) is 0 Å². The van der Waals surface area contributed by atoms with Crippen LogP contribution in [0, 0.1) is 0 Å². The van der Waals surface area contributed by atoms with E-state index in [1.165, 1.54) is 19.3 Å². The molecule has 2 aromatic rings. The lowest BCUT2D eigenvalue weighted by molar-refractivity contribution is 0.645. The molecular weight excluding hydrogens is 288 g/mol. The monoisotopic (exact) mass is 314 g/mol. The van der Waals surface area contributed by atoms with Crippen molar-refractivity contribution in [2.24, 2.45) is 4.99 Å². The van der Waals surface area contributed by atoms with Gasteiger partial charge in [-0.3, -0.25) is 9.56 Å². The first kappa shape index (κ1) is 17.0.